The van der Waals surface area contributed by atoms with Gasteiger partial charge in [0.15, 0.2) is 0 Å². The van der Waals surface area contributed by atoms with Crippen LogP contribution in [0, 0.1) is 5.82 Å². The largest absolute Gasteiger partial charge is 0.457 e. The molecule has 1 N–H and O–H groups in total. The first-order valence-corrected chi connectivity index (χ1v) is 7.04. The van der Waals surface area contributed by atoms with Crippen LogP contribution >= 0.6 is 11.6 Å². The summed E-state index contributed by atoms with van der Waals surface area (Å²) in [6.07, 6.45) is 2.51. The molecule has 0 aliphatic heterocycles. The van der Waals surface area contributed by atoms with Gasteiger partial charge in [0.2, 0.25) is 0 Å². The van der Waals surface area contributed by atoms with E-state index < -0.39 is 0 Å². The number of hydrogen-bond acceptors (Lipinski definition) is 2. The Morgan fingerprint density at radius 3 is 2.45 bits per heavy atom. The average Bonchev–Trinajstić information content (AvgIpc) is 3.25. The van der Waals surface area contributed by atoms with Crippen molar-refractivity contribution in [3.63, 3.8) is 0 Å². The summed E-state index contributed by atoms with van der Waals surface area (Å²) in [4.78, 5) is 0. The van der Waals surface area contributed by atoms with Crippen LogP contribution < -0.4 is 10.1 Å². The topological polar surface area (TPSA) is 21.3 Å². The van der Waals surface area contributed by atoms with Crippen molar-refractivity contribution in [3.05, 3.63) is 58.9 Å². The van der Waals surface area contributed by atoms with Crippen LogP contribution in [0.1, 0.15) is 18.4 Å². The molecule has 0 amide bonds. The Bertz CT molecular complexity index is 596. The predicted octanol–water partition coefficient (Wildman–Crippen LogP) is 4.52. The Morgan fingerprint density at radius 1 is 1.10 bits per heavy atom. The van der Waals surface area contributed by atoms with Crippen LogP contribution in [0.4, 0.5) is 4.39 Å². The van der Waals surface area contributed by atoms with Crippen molar-refractivity contribution in [2.75, 3.05) is 0 Å². The maximum atomic E-state index is 12.8. The first-order valence-electron chi connectivity index (χ1n) is 6.66. The second-order valence-corrected chi connectivity index (χ2v) is 5.37. The average molecular weight is 292 g/mol. The molecule has 2 aromatic carbocycles. The highest BCUT2D eigenvalue weighted by molar-refractivity contribution is 6.31. The lowest BCUT2D eigenvalue weighted by atomic mass is 10.2. The van der Waals surface area contributed by atoms with E-state index in [1.165, 1.54) is 25.0 Å². The highest BCUT2D eigenvalue weighted by atomic mass is 35.5. The minimum absolute atomic E-state index is 0.281. The number of rotatable bonds is 5. The van der Waals surface area contributed by atoms with Crippen LogP contribution in [0.5, 0.6) is 11.5 Å². The Labute approximate surface area is 122 Å². The number of halogens is 2. The molecule has 0 heterocycles. The molecule has 0 bridgehead atoms. The van der Waals surface area contributed by atoms with Gasteiger partial charge in [-0.25, -0.2) is 4.39 Å². The van der Waals surface area contributed by atoms with E-state index in [9.17, 15) is 4.39 Å². The number of benzene rings is 2. The number of nitrogens with one attached hydrogen (secondary N) is 1. The van der Waals surface area contributed by atoms with E-state index in [2.05, 4.69) is 5.32 Å². The van der Waals surface area contributed by atoms with Gasteiger partial charge < -0.3 is 10.1 Å². The molecule has 0 radical (unpaired) electrons. The van der Waals surface area contributed by atoms with E-state index in [0.29, 0.717) is 22.6 Å². The van der Waals surface area contributed by atoms with Gasteiger partial charge in [0.25, 0.3) is 0 Å². The molecule has 20 heavy (non-hydrogen) atoms. The zero-order valence-corrected chi connectivity index (χ0v) is 11.7. The van der Waals surface area contributed by atoms with E-state index in [4.69, 9.17) is 16.3 Å². The van der Waals surface area contributed by atoms with Crippen molar-refractivity contribution in [2.24, 2.45) is 0 Å². The van der Waals surface area contributed by atoms with Gasteiger partial charge in [-0.05, 0) is 54.8 Å². The molecule has 1 saturated carbocycles. The molecule has 1 fully saturated rings. The first-order chi connectivity index (χ1) is 9.70. The molecule has 2 nitrogen and oxygen atoms in total. The van der Waals surface area contributed by atoms with Crippen molar-refractivity contribution in [1.82, 2.24) is 5.32 Å². The fourth-order valence-corrected chi connectivity index (χ4v) is 2.15. The Kier molecular flexibility index (Phi) is 3.90. The van der Waals surface area contributed by atoms with Gasteiger partial charge in [0.05, 0.1) is 0 Å². The molecular formula is C16H15ClFNO. The third kappa shape index (κ3) is 3.50. The smallest absolute Gasteiger partial charge is 0.128 e. The lowest BCUT2D eigenvalue weighted by Crippen LogP contribution is -2.15. The summed E-state index contributed by atoms with van der Waals surface area (Å²) in [7, 11) is 0. The SMILES string of the molecule is Fc1ccc(Oc2ccc(CNC3CC3)c(Cl)c2)cc1. The van der Waals surface area contributed by atoms with Gasteiger partial charge in [0, 0.05) is 17.6 Å². The third-order valence-corrected chi connectivity index (χ3v) is 3.58. The van der Waals surface area contributed by atoms with Crippen LogP contribution in [-0.4, -0.2) is 6.04 Å². The van der Waals surface area contributed by atoms with Crippen LogP contribution in [0.3, 0.4) is 0 Å². The second-order valence-electron chi connectivity index (χ2n) is 4.96. The molecular weight excluding hydrogens is 277 g/mol. The quantitative estimate of drug-likeness (QED) is 0.874. The lowest BCUT2D eigenvalue weighted by molar-refractivity contribution is 0.480. The van der Waals surface area contributed by atoms with Gasteiger partial charge in [-0.3, -0.25) is 0 Å². The molecule has 0 unspecified atom stereocenters. The van der Waals surface area contributed by atoms with Crippen LogP contribution in [-0.2, 0) is 6.54 Å². The first kappa shape index (κ1) is 13.4. The standard InChI is InChI=1S/C16H15ClFNO/c17-16-9-15(20-14-7-2-12(18)3-8-14)6-1-11(16)10-19-13-4-5-13/h1-3,6-9,13,19H,4-5,10H2. The maximum Gasteiger partial charge on any atom is 0.128 e. The summed E-state index contributed by atoms with van der Waals surface area (Å²) in [5, 5.41) is 4.10. The Balaban J connectivity index is 1.67. The predicted molar refractivity (Wildman–Crippen MR) is 77.8 cm³/mol. The second kappa shape index (κ2) is 5.81. The molecule has 0 saturated heterocycles. The fraction of sp³-hybridized carbons (Fsp3) is 0.250. The van der Waals surface area contributed by atoms with Crippen LogP contribution in [0.25, 0.3) is 0 Å². The molecule has 0 spiro atoms. The molecule has 2 aromatic rings. The Morgan fingerprint density at radius 2 is 1.80 bits per heavy atom. The van der Waals surface area contributed by atoms with Crippen LogP contribution in [0.2, 0.25) is 5.02 Å². The fourth-order valence-electron chi connectivity index (χ4n) is 1.92. The summed E-state index contributed by atoms with van der Waals surface area (Å²) in [6.45, 7) is 0.778. The molecule has 4 heteroatoms. The van der Waals surface area contributed by atoms with E-state index >= 15 is 0 Å². The van der Waals surface area contributed by atoms with Crippen molar-refractivity contribution >= 4 is 11.6 Å². The minimum atomic E-state index is -0.281. The van der Waals surface area contributed by atoms with Gasteiger partial charge >= 0.3 is 0 Å². The summed E-state index contributed by atoms with van der Waals surface area (Å²) in [6, 6.07) is 12.2. The zero-order chi connectivity index (χ0) is 13.9. The molecule has 1 aliphatic rings. The molecule has 3 rings (SSSR count). The van der Waals surface area contributed by atoms with Crippen LogP contribution in [0.15, 0.2) is 42.5 Å². The van der Waals surface area contributed by atoms with Crippen molar-refractivity contribution in [2.45, 2.75) is 25.4 Å². The molecule has 104 valence electrons. The number of hydrogen-bond donors (Lipinski definition) is 1. The van der Waals surface area contributed by atoms with Gasteiger partial charge in [0.1, 0.15) is 17.3 Å². The normalized spacial score (nSPS) is 14.3. The monoisotopic (exact) mass is 291 g/mol. The lowest BCUT2D eigenvalue weighted by Gasteiger charge is -2.09. The summed E-state index contributed by atoms with van der Waals surface area (Å²) >= 11 is 6.24. The highest BCUT2D eigenvalue weighted by Crippen LogP contribution is 2.28. The van der Waals surface area contributed by atoms with E-state index in [1.54, 1.807) is 18.2 Å². The van der Waals surface area contributed by atoms with E-state index in [1.807, 2.05) is 12.1 Å². The van der Waals surface area contributed by atoms with E-state index in [0.717, 1.165) is 12.1 Å². The maximum absolute atomic E-state index is 12.8. The highest BCUT2D eigenvalue weighted by Gasteiger charge is 2.20. The molecule has 0 atom stereocenters. The van der Waals surface area contributed by atoms with Crippen molar-refractivity contribution < 1.29 is 9.13 Å². The Hall–Kier alpha value is -1.58. The van der Waals surface area contributed by atoms with Gasteiger partial charge in [-0.15, -0.1) is 0 Å². The van der Waals surface area contributed by atoms with Crippen molar-refractivity contribution in [3.8, 4) is 11.5 Å². The van der Waals surface area contributed by atoms with Gasteiger partial charge in [-0.2, -0.15) is 0 Å². The third-order valence-electron chi connectivity index (χ3n) is 3.23. The summed E-state index contributed by atoms with van der Waals surface area (Å²) in [5.41, 5.74) is 1.06. The molecule has 0 aromatic heterocycles. The summed E-state index contributed by atoms with van der Waals surface area (Å²) in [5.74, 6) is 0.958. The summed E-state index contributed by atoms with van der Waals surface area (Å²) < 4.78 is 18.4. The van der Waals surface area contributed by atoms with Gasteiger partial charge in [-0.1, -0.05) is 17.7 Å². The van der Waals surface area contributed by atoms with Crippen molar-refractivity contribution in [1.29, 1.82) is 0 Å². The zero-order valence-electron chi connectivity index (χ0n) is 10.9. The van der Waals surface area contributed by atoms with E-state index in [-0.39, 0.29) is 5.82 Å². The number of ether oxygens (including phenoxy) is 1. The molecule has 1 aliphatic carbocycles. The minimum Gasteiger partial charge on any atom is -0.457 e.